The van der Waals surface area contributed by atoms with Crippen LogP contribution in [0.25, 0.3) is 21.8 Å². The van der Waals surface area contributed by atoms with E-state index in [1.165, 1.54) is 78.2 Å². The zero-order valence-corrected chi connectivity index (χ0v) is 80.0. The molecule has 32 atom stereocenters. The highest BCUT2D eigenvalue weighted by Gasteiger charge is 2.68. The third-order valence-electron chi connectivity index (χ3n) is 35.1. The van der Waals surface area contributed by atoms with Crippen molar-refractivity contribution in [1.29, 1.82) is 0 Å². The highest BCUT2D eigenvalue weighted by molar-refractivity contribution is 8.10. The third-order valence-corrected chi connectivity index (χ3v) is 51.9. The summed E-state index contributed by atoms with van der Waals surface area (Å²) in [7, 11) is 0. The molecule has 6 aliphatic carbocycles. The van der Waals surface area contributed by atoms with Gasteiger partial charge in [0.2, 0.25) is 0 Å². The summed E-state index contributed by atoms with van der Waals surface area (Å²) in [5, 5.41) is 11.6. The molecule has 6 saturated carbocycles. The van der Waals surface area contributed by atoms with Crippen LogP contribution < -0.4 is 14.7 Å². The smallest absolute Gasteiger partial charge is 0.0603 e. The minimum Gasteiger partial charge on any atom is -0.336 e. The topological polar surface area (TPSA) is 14.7 Å². The van der Waals surface area contributed by atoms with Crippen LogP contribution in [0.4, 0.5) is 34.1 Å². The van der Waals surface area contributed by atoms with Crippen molar-refractivity contribution in [2.45, 2.75) is 257 Å². The lowest BCUT2D eigenvalue weighted by atomic mass is 9.68. The molecule has 0 radical (unpaired) electrons. The minimum atomic E-state index is -0.0754. The van der Waals surface area contributed by atoms with E-state index in [-0.39, 0.29) is 10.8 Å². The fourth-order valence-corrected chi connectivity index (χ4v) is 46.1. The molecule has 118 heavy (non-hydrogen) atoms. The number of rotatable bonds is 6. The predicted molar refractivity (Wildman–Crippen MR) is 527 cm³/mol. The molecule has 622 valence electrons. The molecule has 21 rings (SSSR count). The van der Waals surface area contributed by atoms with Gasteiger partial charge in [-0.1, -0.05) is 284 Å². The molecule has 0 bridgehead atoms. The van der Waals surface area contributed by atoms with E-state index < -0.39 is 0 Å². The van der Waals surface area contributed by atoms with Crippen molar-refractivity contribution in [3.63, 3.8) is 0 Å². The molecular weight excluding hydrogens is 1590 g/mol. The van der Waals surface area contributed by atoms with Gasteiger partial charge in [0.05, 0.1) is 24.2 Å². The molecule has 4 nitrogen and oxygen atoms in total. The van der Waals surface area contributed by atoms with Gasteiger partial charge in [0, 0.05) is 151 Å². The second kappa shape index (κ2) is 31.4. The normalized spacial score (nSPS) is 42.1. The maximum absolute atomic E-state index is 2.97. The summed E-state index contributed by atoms with van der Waals surface area (Å²) in [4.78, 5) is 8.80. The van der Waals surface area contributed by atoms with Crippen LogP contribution in [0.5, 0.6) is 0 Å². The number of hydrogen-bond acceptors (Lipinski definition) is 11. The lowest BCUT2D eigenvalue weighted by Crippen LogP contribution is -2.72. The van der Waals surface area contributed by atoms with Crippen molar-refractivity contribution in [3.8, 4) is 0 Å². The molecule has 7 heterocycles. The fraction of sp³-hybridized carbons (Fsp3) is 0.547. The Kier molecular flexibility index (Phi) is 21.8. The monoisotopic (exact) mass is 1710 g/mol. The van der Waals surface area contributed by atoms with Gasteiger partial charge in [0.15, 0.2) is 0 Å². The number of hydrogen-bond donors (Lipinski definition) is 0. The predicted octanol–water partition coefficient (Wildman–Crippen LogP) is 28.3. The lowest BCUT2D eigenvalue weighted by molar-refractivity contribution is 0.146. The van der Waals surface area contributed by atoms with Crippen molar-refractivity contribution >= 4 is 150 Å². The highest BCUT2D eigenvalue weighted by atomic mass is 32.2. The summed E-state index contributed by atoms with van der Waals surface area (Å²) in [6, 6.07) is 81.6. The fourth-order valence-electron chi connectivity index (χ4n) is 26.4. The Balaban J connectivity index is 0.000000151. The van der Waals surface area contributed by atoms with Crippen LogP contribution in [0.2, 0.25) is 0 Å². The molecule has 10 fully saturated rings. The molecule has 0 amide bonds. The number of para-hydroxylation sites is 8. The van der Waals surface area contributed by atoms with Gasteiger partial charge in [-0.15, -0.1) is 0 Å². The molecule has 0 N–H and O–H groups in total. The Bertz CT molecular complexity index is 4860. The van der Waals surface area contributed by atoms with Crippen molar-refractivity contribution in [2.75, 3.05) is 14.7 Å². The molecule has 12 aliphatic rings. The van der Waals surface area contributed by atoms with Crippen LogP contribution in [0.3, 0.4) is 0 Å². The first-order valence-electron chi connectivity index (χ1n) is 45.9. The van der Waals surface area contributed by atoms with E-state index in [0.29, 0.717) is 156 Å². The Hall–Kier alpha value is -4.24. The first kappa shape index (κ1) is 82.1. The van der Waals surface area contributed by atoms with E-state index in [9.17, 15) is 0 Å². The number of benzene rings is 8. The van der Waals surface area contributed by atoms with Gasteiger partial charge in [-0.05, 0) is 178 Å². The summed E-state index contributed by atoms with van der Waals surface area (Å²) in [5.41, 5.74) is 17.1. The van der Waals surface area contributed by atoms with Crippen LogP contribution in [0, 0.1) is 94.7 Å². The van der Waals surface area contributed by atoms with E-state index in [4.69, 9.17) is 0 Å². The molecular formula is C106H130N4S8. The first-order chi connectivity index (χ1) is 56.8. The number of anilines is 6. The van der Waals surface area contributed by atoms with Gasteiger partial charge in [-0.2, -0.15) is 94.1 Å². The van der Waals surface area contributed by atoms with Crippen LogP contribution in [0.15, 0.2) is 206 Å². The second-order valence-corrected chi connectivity index (χ2v) is 51.6. The van der Waals surface area contributed by atoms with Crippen LogP contribution >= 0.6 is 94.1 Å². The number of nitrogens with zero attached hydrogens (tertiary/aromatic N) is 4. The van der Waals surface area contributed by atoms with Gasteiger partial charge in [-0.25, -0.2) is 0 Å². The van der Waals surface area contributed by atoms with Gasteiger partial charge in [-0.3, -0.25) is 0 Å². The van der Waals surface area contributed by atoms with Gasteiger partial charge < -0.3 is 19.3 Å². The molecule has 8 aromatic carbocycles. The van der Waals surface area contributed by atoms with Gasteiger partial charge in [0.1, 0.15) is 0 Å². The Morgan fingerprint density at radius 3 is 0.703 bits per heavy atom. The van der Waals surface area contributed by atoms with E-state index in [2.05, 4.69) is 458 Å². The van der Waals surface area contributed by atoms with Crippen LogP contribution in [-0.4, -0.2) is 107 Å². The average Bonchev–Trinajstić information content (AvgIpc) is 0.865. The summed E-state index contributed by atoms with van der Waals surface area (Å²) < 4.78 is 2.94. The zero-order valence-electron chi connectivity index (χ0n) is 73.5. The maximum atomic E-state index is 2.97. The molecule has 6 aliphatic heterocycles. The van der Waals surface area contributed by atoms with Crippen LogP contribution in [0.1, 0.15) is 167 Å². The average molecular weight is 1720 g/mol. The molecule has 4 saturated heterocycles. The number of aromatic nitrogens is 1. The first-order valence-corrected chi connectivity index (χ1v) is 53.4. The van der Waals surface area contributed by atoms with E-state index in [1.54, 1.807) is 0 Å². The minimum absolute atomic E-state index is 0.0699. The number of fused-ring (bicyclic) bond motifs is 15. The standard InChI is InChI=1S/C53H64N2S4.C53H66N2S4/c1-27-29(3)33(7)47-45(31(27)5)56-49-43(54-39-23-15-11-19-35(39)36-20-12-16-24-40(36)54)50-52(59-48-34(8)30(4)28(2)32(6)46(48)57-50)44(51(49)58-47)55-41-25-17-13-21-37(41)53(9,10)38-22-14-18-26-42(38)55;1-29-31(3)35(7)47-45(33(29)5)56-49-43(54(37-21-13-11-14-22-37)38-23-15-12-16-24-38)50-52(59-48-36(8)32(4)30(2)34(6)46(48)57-50)44(51(49)58-47)55-41-27-19-17-25-39(41)53(9,10)40-26-18-20-28-42(40)55/h11-34,43-52H,1-10H3;11-36,43-52H,1-10H3. The molecule has 0 spiro atoms. The summed E-state index contributed by atoms with van der Waals surface area (Å²) in [6.07, 6.45) is 0. The second-order valence-electron chi connectivity index (χ2n) is 40.7. The quantitative estimate of drug-likeness (QED) is 0.158. The Morgan fingerprint density at radius 2 is 0.432 bits per heavy atom. The van der Waals surface area contributed by atoms with Crippen molar-refractivity contribution in [1.82, 2.24) is 4.57 Å². The summed E-state index contributed by atoms with van der Waals surface area (Å²) in [5.74, 6) is 11.3. The van der Waals surface area contributed by atoms with E-state index >= 15 is 0 Å². The van der Waals surface area contributed by atoms with Crippen LogP contribution in [-0.2, 0) is 10.8 Å². The third kappa shape index (κ3) is 12.6. The largest absolute Gasteiger partial charge is 0.336 e. The van der Waals surface area contributed by atoms with Crippen molar-refractivity contribution in [3.05, 3.63) is 229 Å². The molecule has 12 heteroatoms. The van der Waals surface area contributed by atoms with E-state index in [0.717, 1.165) is 47.3 Å². The van der Waals surface area contributed by atoms with Gasteiger partial charge >= 0.3 is 0 Å². The molecule has 32 unspecified atom stereocenters. The highest BCUT2D eigenvalue weighted by Crippen LogP contribution is 2.71. The molecule has 1 aromatic heterocycles. The maximum Gasteiger partial charge on any atom is 0.0603 e. The Labute approximate surface area is 743 Å². The summed E-state index contributed by atoms with van der Waals surface area (Å²) in [6.45, 7) is 51.5. The SMILES string of the molecule is CC1C(C)C(C)C2SC3C(SC2C1C)C(N(c1ccccc1)c1ccccc1)C1SC2C(C)C(C)C(C)C(C)C2SC1C3N1c2ccccc2C(C)(C)c2ccccc21.CC1C(C)C(C)C2SC3C(SC2C1C)C(N1c2ccccc2C(C)(C)c2ccccc21)C1SC2C(C)C(C)C(C)C(C)C2SC1C3n1c2ccccc2c2ccccc21. The Morgan fingerprint density at radius 1 is 0.220 bits per heavy atom. The number of thioether (sulfide) groups is 8. The zero-order chi connectivity index (χ0) is 81.9. The van der Waals surface area contributed by atoms with Crippen molar-refractivity contribution < 1.29 is 0 Å². The molecule has 9 aromatic rings. The van der Waals surface area contributed by atoms with Crippen molar-refractivity contribution in [2.24, 2.45) is 94.7 Å². The summed E-state index contributed by atoms with van der Waals surface area (Å²) >= 11 is 19.7. The van der Waals surface area contributed by atoms with E-state index in [1.807, 2.05) is 0 Å². The van der Waals surface area contributed by atoms with Gasteiger partial charge in [0.25, 0.3) is 0 Å². The lowest BCUT2D eigenvalue weighted by Gasteiger charge is -2.65.